The highest BCUT2D eigenvalue weighted by atomic mass is 35.5. The molecular formula is C15H23ClN2O3. The molecule has 1 aliphatic rings. The molecule has 0 aromatic carbocycles. The van der Waals surface area contributed by atoms with E-state index < -0.39 is 0 Å². The minimum atomic E-state index is 0.483. The highest BCUT2D eigenvalue weighted by molar-refractivity contribution is 6.31. The van der Waals surface area contributed by atoms with E-state index in [0.29, 0.717) is 43.3 Å². The Morgan fingerprint density at radius 2 is 2.10 bits per heavy atom. The lowest BCUT2D eigenvalue weighted by Crippen LogP contribution is -2.17. The van der Waals surface area contributed by atoms with Gasteiger partial charge in [0.05, 0.1) is 17.3 Å². The molecule has 21 heavy (non-hydrogen) atoms. The summed E-state index contributed by atoms with van der Waals surface area (Å²) < 4.78 is 16.0. The van der Waals surface area contributed by atoms with E-state index in [1.165, 1.54) is 12.8 Å². The Hall–Kier alpha value is -0.880. The fourth-order valence-corrected chi connectivity index (χ4v) is 1.98. The van der Waals surface area contributed by atoms with E-state index in [0.717, 1.165) is 18.7 Å². The van der Waals surface area contributed by atoms with Crippen molar-refractivity contribution >= 4 is 11.6 Å². The number of hydrogen-bond donors (Lipinski definition) is 1. The average molecular weight is 315 g/mol. The number of aromatic nitrogens is 1. The Morgan fingerprint density at radius 3 is 2.86 bits per heavy atom. The van der Waals surface area contributed by atoms with Crippen molar-refractivity contribution in [3.8, 4) is 5.88 Å². The standard InChI is InChI=1S/C15H23ClN2O3/c1-19-7-2-8-20-9-10-21-15-6-5-13(16)14(18-15)11-17-12-3-4-12/h5-6,12,17H,2-4,7-11H2,1H3. The van der Waals surface area contributed by atoms with Gasteiger partial charge in [-0.25, -0.2) is 4.98 Å². The maximum absolute atomic E-state index is 6.14. The van der Waals surface area contributed by atoms with Crippen LogP contribution in [0.2, 0.25) is 5.02 Å². The molecule has 0 saturated heterocycles. The summed E-state index contributed by atoms with van der Waals surface area (Å²) >= 11 is 6.14. The van der Waals surface area contributed by atoms with E-state index in [4.69, 9.17) is 25.8 Å². The van der Waals surface area contributed by atoms with Crippen LogP contribution in [0.5, 0.6) is 5.88 Å². The molecule has 0 radical (unpaired) electrons. The van der Waals surface area contributed by atoms with Gasteiger partial charge in [0.1, 0.15) is 6.61 Å². The minimum Gasteiger partial charge on any atom is -0.475 e. The van der Waals surface area contributed by atoms with Crippen LogP contribution in [0, 0.1) is 0 Å². The molecule has 0 amide bonds. The van der Waals surface area contributed by atoms with Gasteiger partial charge in [-0.3, -0.25) is 0 Å². The van der Waals surface area contributed by atoms with Crippen molar-refractivity contribution in [1.82, 2.24) is 10.3 Å². The Balaban J connectivity index is 1.66. The molecule has 1 saturated carbocycles. The Bertz CT molecular complexity index is 427. The number of pyridine rings is 1. The summed E-state index contributed by atoms with van der Waals surface area (Å²) in [4.78, 5) is 4.43. The van der Waals surface area contributed by atoms with Crippen molar-refractivity contribution in [1.29, 1.82) is 0 Å². The van der Waals surface area contributed by atoms with Gasteiger partial charge >= 0.3 is 0 Å². The van der Waals surface area contributed by atoms with Crippen LogP contribution < -0.4 is 10.1 Å². The Labute approximate surface area is 130 Å². The number of halogens is 1. The quantitative estimate of drug-likeness (QED) is 0.636. The van der Waals surface area contributed by atoms with E-state index >= 15 is 0 Å². The third-order valence-corrected chi connectivity index (χ3v) is 3.49. The molecule has 118 valence electrons. The van der Waals surface area contributed by atoms with Crippen LogP contribution in [0.3, 0.4) is 0 Å². The summed E-state index contributed by atoms with van der Waals surface area (Å²) in [5.74, 6) is 0.590. The van der Waals surface area contributed by atoms with Crippen LogP contribution in [0.4, 0.5) is 0 Å². The lowest BCUT2D eigenvalue weighted by Gasteiger charge is -2.09. The first-order valence-corrected chi connectivity index (χ1v) is 7.75. The van der Waals surface area contributed by atoms with Crippen LogP contribution in [0.1, 0.15) is 25.0 Å². The second-order valence-electron chi connectivity index (χ2n) is 5.04. The van der Waals surface area contributed by atoms with Gasteiger partial charge in [0.15, 0.2) is 0 Å². The zero-order valence-electron chi connectivity index (χ0n) is 12.4. The molecule has 0 unspecified atom stereocenters. The minimum absolute atomic E-state index is 0.483. The number of nitrogens with one attached hydrogen (secondary N) is 1. The summed E-state index contributed by atoms with van der Waals surface area (Å²) in [6.45, 7) is 3.12. The molecule has 0 bridgehead atoms. The number of nitrogens with zero attached hydrogens (tertiary/aromatic N) is 1. The van der Waals surface area contributed by atoms with Crippen molar-refractivity contribution in [2.45, 2.75) is 31.8 Å². The van der Waals surface area contributed by atoms with Crippen molar-refractivity contribution < 1.29 is 14.2 Å². The number of ether oxygens (including phenoxy) is 3. The summed E-state index contributed by atoms with van der Waals surface area (Å²) in [7, 11) is 1.69. The van der Waals surface area contributed by atoms with E-state index in [1.54, 1.807) is 13.2 Å². The first-order valence-electron chi connectivity index (χ1n) is 7.38. The van der Waals surface area contributed by atoms with Crippen molar-refractivity contribution in [3.05, 3.63) is 22.8 Å². The van der Waals surface area contributed by atoms with Crippen LogP contribution in [0.25, 0.3) is 0 Å². The normalized spacial score (nSPS) is 14.4. The fourth-order valence-electron chi connectivity index (χ4n) is 1.81. The predicted molar refractivity (Wildman–Crippen MR) is 81.9 cm³/mol. The van der Waals surface area contributed by atoms with E-state index in [9.17, 15) is 0 Å². The third kappa shape index (κ3) is 6.61. The summed E-state index contributed by atoms with van der Waals surface area (Å²) in [6.07, 6.45) is 3.38. The molecule has 5 nitrogen and oxygen atoms in total. The zero-order valence-corrected chi connectivity index (χ0v) is 13.2. The molecule has 1 fully saturated rings. The number of methoxy groups -OCH3 is 1. The smallest absolute Gasteiger partial charge is 0.213 e. The molecule has 6 heteroatoms. The topological polar surface area (TPSA) is 52.6 Å². The van der Waals surface area contributed by atoms with Crippen LogP contribution in [-0.4, -0.2) is 44.6 Å². The Kier molecular flexibility index (Phi) is 7.23. The van der Waals surface area contributed by atoms with Gasteiger partial charge in [-0.15, -0.1) is 0 Å². The molecule has 0 spiro atoms. The molecule has 1 aromatic heterocycles. The van der Waals surface area contributed by atoms with Gasteiger partial charge in [0, 0.05) is 39.0 Å². The molecule has 1 heterocycles. The monoisotopic (exact) mass is 314 g/mol. The van der Waals surface area contributed by atoms with Gasteiger partial charge in [-0.1, -0.05) is 11.6 Å². The number of hydrogen-bond acceptors (Lipinski definition) is 5. The summed E-state index contributed by atoms with van der Waals surface area (Å²) in [5.41, 5.74) is 0.835. The SMILES string of the molecule is COCCCOCCOc1ccc(Cl)c(CNC2CC2)n1. The summed E-state index contributed by atoms with van der Waals surface area (Å²) in [5, 5.41) is 4.07. The highest BCUT2D eigenvalue weighted by Gasteiger charge is 2.20. The molecule has 1 aromatic rings. The lowest BCUT2D eigenvalue weighted by molar-refractivity contribution is 0.0795. The first-order chi connectivity index (χ1) is 10.3. The molecule has 0 aliphatic heterocycles. The predicted octanol–water partition coefficient (Wildman–Crippen LogP) is 2.42. The second-order valence-corrected chi connectivity index (χ2v) is 5.45. The highest BCUT2D eigenvalue weighted by Crippen LogP contribution is 2.22. The molecule has 1 aliphatic carbocycles. The van der Waals surface area contributed by atoms with Crippen LogP contribution >= 0.6 is 11.6 Å². The van der Waals surface area contributed by atoms with Crippen molar-refractivity contribution in [2.24, 2.45) is 0 Å². The van der Waals surface area contributed by atoms with Crippen LogP contribution in [0.15, 0.2) is 12.1 Å². The molecule has 0 atom stereocenters. The van der Waals surface area contributed by atoms with E-state index in [1.807, 2.05) is 6.07 Å². The zero-order chi connectivity index (χ0) is 14.9. The maximum Gasteiger partial charge on any atom is 0.213 e. The Morgan fingerprint density at radius 1 is 1.24 bits per heavy atom. The molecular weight excluding hydrogens is 292 g/mol. The molecule has 1 N–H and O–H groups in total. The third-order valence-electron chi connectivity index (χ3n) is 3.14. The number of rotatable bonds is 11. The average Bonchev–Trinajstić information content (AvgIpc) is 3.31. The van der Waals surface area contributed by atoms with Crippen LogP contribution in [-0.2, 0) is 16.0 Å². The second kappa shape index (κ2) is 9.20. The first kappa shape index (κ1) is 16.5. The van der Waals surface area contributed by atoms with Gasteiger partial charge < -0.3 is 19.5 Å². The fraction of sp³-hybridized carbons (Fsp3) is 0.667. The van der Waals surface area contributed by atoms with Gasteiger partial charge in [-0.2, -0.15) is 0 Å². The van der Waals surface area contributed by atoms with Gasteiger partial charge in [0.2, 0.25) is 5.88 Å². The van der Waals surface area contributed by atoms with Gasteiger partial charge in [0.25, 0.3) is 0 Å². The van der Waals surface area contributed by atoms with Crippen molar-refractivity contribution in [2.75, 3.05) is 33.5 Å². The van der Waals surface area contributed by atoms with Crippen molar-refractivity contribution in [3.63, 3.8) is 0 Å². The maximum atomic E-state index is 6.14. The largest absolute Gasteiger partial charge is 0.475 e. The summed E-state index contributed by atoms with van der Waals surface area (Å²) in [6, 6.07) is 4.24. The lowest BCUT2D eigenvalue weighted by atomic mass is 10.3. The molecule has 2 rings (SSSR count). The van der Waals surface area contributed by atoms with E-state index in [2.05, 4.69) is 10.3 Å². The van der Waals surface area contributed by atoms with E-state index in [-0.39, 0.29) is 0 Å². The van der Waals surface area contributed by atoms with Gasteiger partial charge in [-0.05, 0) is 25.3 Å².